The van der Waals surface area contributed by atoms with Gasteiger partial charge in [-0.25, -0.2) is 0 Å². The highest BCUT2D eigenvalue weighted by Crippen LogP contribution is 2.21. The second kappa shape index (κ2) is 5.43. The lowest BCUT2D eigenvalue weighted by Crippen LogP contribution is -2.16. The van der Waals surface area contributed by atoms with Crippen molar-refractivity contribution in [1.82, 2.24) is 9.78 Å². The van der Waals surface area contributed by atoms with Gasteiger partial charge in [-0.3, -0.25) is 4.68 Å². The zero-order valence-corrected chi connectivity index (χ0v) is 9.50. The van der Waals surface area contributed by atoms with E-state index in [1.807, 2.05) is 10.7 Å². The molecule has 1 fully saturated rings. The Morgan fingerprint density at radius 3 is 3.00 bits per heavy atom. The fraction of sp³-hybridized carbons (Fsp3) is 0.727. The minimum atomic E-state index is -0.572. The van der Waals surface area contributed by atoms with Crippen molar-refractivity contribution in [3.8, 4) is 0 Å². The number of hydrogen-bond donors (Lipinski definition) is 1. The summed E-state index contributed by atoms with van der Waals surface area (Å²) in [6.07, 6.45) is 2.33. The molecule has 1 aliphatic rings. The Kier molecular flexibility index (Phi) is 3.93. The number of nitrogens with zero attached hydrogens (tertiary/aromatic N) is 2. The van der Waals surface area contributed by atoms with Crippen LogP contribution in [0.25, 0.3) is 0 Å². The standard InChI is InChI=1S/C11H18N2O3/c1-2-5-13-9(3-4-12-13)10(14)8-11-15-6-7-16-11/h3-4,10-11,14H,2,5-8H2,1H3. The Hall–Kier alpha value is -0.910. The quantitative estimate of drug-likeness (QED) is 0.816. The summed E-state index contributed by atoms with van der Waals surface area (Å²) in [6, 6.07) is 1.84. The van der Waals surface area contributed by atoms with E-state index in [4.69, 9.17) is 9.47 Å². The molecule has 5 nitrogen and oxygen atoms in total. The van der Waals surface area contributed by atoms with Crippen molar-refractivity contribution in [3.05, 3.63) is 18.0 Å². The lowest BCUT2D eigenvalue weighted by molar-refractivity contribution is -0.0719. The van der Waals surface area contributed by atoms with Crippen LogP contribution in [0.5, 0.6) is 0 Å². The molecule has 0 radical (unpaired) electrons. The van der Waals surface area contributed by atoms with E-state index in [-0.39, 0.29) is 6.29 Å². The monoisotopic (exact) mass is 226 g/mol. The average molecular weight is 226 g/mol. The Bertz CT molecular complexity index is 321. The van der Waals surface area contributed by atoms with Crippen LogP contribution in [-0.4, -0.2) is 34.4 Å². The van der Waals surface area contributed by atoms with E-state index in [0.717, 1.165) is 18.7 Å². The van der Waals surface area contributed by atoms with Crippen molar-refractivity contribution < 1.29 is 14.6 Å². The first-order chi connectivity index (χ1) is 7.81. The number of aryl methyl sites for hydroxylation is 1. The molecular formula is C11H18N2O3. The maximum atomic E-state index is 10.1. The highest BCUT2D eigenvalue weighted by atomic mass is 16.7. The SMILES string of the molecule is CCCn1nccc1C(O)CC1OCCO1. The van der Waals surface area contributed by atoms with Crippen LogP contribution >= 0.6 is 0 Å². The van der Waals surface area contributed by atoms with Crippen LogP contribution < -0.4 is 0 Å². The van der Waals surface area contributed by atoms with Gasteiger partial charge >= 0.3 is 0 Å². The summed E-state index contributed by atoms with van der Waals surface area (Å²) in [6.45, 7) is 4.14. The van der Waals surface area contributed by atoms with Gasteiger partial charge in [0.05, 0.1) is 18.9 Å². The molecule has 1 saturated heterocycles. The highest BCUT2D eigenvalue weighted by molar-refractivity contribution is 5.04. The summed E-state index contributed by atoms with van der Waals surface area (Å²) >= 11 is 0. The van der Waals surface area contributed by atoms with Gasteiger partial charge in [-0.15, -0.1) is 0 Å². The Morgan fingerprint density at radius 2 is 2.31 bits per heavy atom. The second-order valence-corrected chi connectivity index (χ2v) is 3.90. The normalized spacial score (nSPS) is 19.1. The highest BCUT2D eigenvalue weighted by Gasteiger charge is 2.22. The first kappa shape index (κ1) is 11.6. The largest absolute Gasteiger partial charge is 0.387 e. The third-order valence-electron chi connectivity index (χ3n) is 2.63. The number of hydrogen-bond acceptors (Lipinski definition) is 4. The van der Waals surface area contributed by atoms with Gasteiger partial charge in [-0.2, -0.15) is 5.10 Å². The smallest absolute Gasteiger partial charge is 0.160 e. The van der Waals surface area contributed by atoms with Crippen molar-refractivity contribution in [3.63, 3.8) is 0 Å². The van der Waals surface area contributed by atoms with Gasteiger partial charge in [0.2, 0.25) is 0 Å². The number of aliphatic hydroxyl groups excluding tert-OH is 1. The fourth-order valence-corrected chi connectivity index (χ4v) is 1.87. The van der Waals surface area contributed by atoms with Crippen molar-refractivity contribution in [2.24, 2.45) is 0 Å². The second-order valence-electron chi connectivity index (χ2n) is 3.90. The first-order valence-electron chi connectivity index (χ1n) is 5.74. The van der Waals surface area contributed by atoms with Gasteiger partial charge in [0.25, 0.3) is 0 Å². The molecule has 0 spiro atoms. The van der Waals surface area contributed by atoms with Crippen LogP contribution in [0.4, 0.5) is 0 Å². The van der Waals surface area contributed by atoms with E-state index in [0.29, 0.717) is 19.6 Å². The van der Waals surface area contributed by atoms with Crippen LogP contribution in [0.3, 0.4) is 0 Å². The molecule has 0 amide bonds. The Balaban J connectivity index is 1.96. The number of ether oxygens (including phenoxy) is 2. The topological polar surface area (TPSA) is 56.5 Å². The lowest BCUT2D eigenvalue weighted by Gasteiger charge is -2.16. The van der Waals surface area contributed by atoms with Gasteiger partial charge in [0, 0.05) is 19.2 Å². The molecule has 0 saturated carbocycles. The number of aromatic nitrogens is 2. The fourth-order valence-electron chi connectivity index (χ4n) is 1.87. The molecule has 0 aromatic carbocycles. The van der Waals surface area contributed by atoms with Gasteiger partial charge in [0.1, 0.15) is 6.10 Å². The van der Waals surface area contributed by atoms with E-state index in [1.165, 1.54) is 0 Å². The van der Waals surface area contributed by atoms with E-state index in [9.17, 15) is 5.11 Å². The van der Waals surface area contributed by atoms with Gasteiger partial charge in [0.15, 0.2) is 6.29 Å². The summed E-state index contributed by atoms with van der Waals surface area (Å²) < 4.78 is 12.5. The van der Waals surface area contributed by atoms with E-state index in [2.05, 4.69) is 12.0 Å². The van der Waals surface area contributed by atoms with Crippen LogP contribution in [0.2, 0.25) is 0 Å². The van der Waals surface area contributed by atoms with Crippen molar-refractivity contribution in [2.45, 2.75) is 38.7 Å². The average Bonchev–Trinajstić information content (AvgIpc) is 2.89. The zero-order valence-electron chi connectivity index (χ0n) is 9.50. The third kappa shape index (κ3) is 2.61. The molecule has 1 N–H and O–H groups in total. The summed E-state index contributed by atoms with van der Waals surface area (Å²) in [5.41, 5.74) is 0.834. The molecule has 1 aliphatic heterocycles. The predicted molar refractivity (Wildman–Crippen MR) is 57.8 cm³/mol. The van der Waals surface area contributed by atoms with Gasteiger partial charge in [-0.05, 0) is 12.5 Å². The molecule has 1 unspecified atom stereocenters. The molecule has 16 heavy (non-hydrogen) atoms. The summed E-state index contributed by atoms with van der Waals surface area (Å²) in [4.78, 5) is 0. The summed E-state index contributed by atoms with van der Waals surface area (Å²) in [7, 11) is 0. The molecule has 0 aliphatic carbocycles. The van der Waals surface area contributed by atoms with E-state index < -0.39 is 6.10 Å². The minimum Gasteiger partial charge on any atom is -0.387 e. The Morgan fingerprint density at radius 1 is 1.56 bits per heavy atom. The maximum absolute atomic E-state index is 10.1. The summed E-state index contributed by atoms with van der Waals surface area (Å²) in [5, 5.41) is 14.2. The Labute approximate surface area is 95.0 Å². The third-order valence-corrected chi connectivity index (χ3v) is 2.63. The first-order valence-corrected chi connectivity index (χ1v) is 5.74. The van der Waals surface area contributed by atoms with Crippen LogP contribution in [0.1, 0.15) is 31.6 Å². The van der Waals surface area contributed by atoms with Crippen LogP contribution in [0, 0.1) is 0 Å². The van der Waals surface area contributed by atoms with E-state index >= 15 is 0 Å². The molecular weight excluding hydrogens is 208 g/mol. The van der Waals surface area contributed by atoms with E-state index in [1.54, 1.807) is 6.20 Å². The molecule has 5 heteroatoms. The zero-order chi connectivity index (χ0) is 11.4. The van der Waals surface area contributed by atoms with Gasteiger partial charge < -0.3 is 14.6 Å². The molecule has 1 aromatic heterocycles. The van der Waals surface area contributed by atoms with Crippen LogP contribution in [-0.2, 0) is 16.0 Å². The lowest BCUT2D eigenvalue weighted by atomic mass is 10.2. The van der Waals surface area contributed by atoms with Crippen LogP contribution in [0.15, 0.2) is 12.3 Å². The predicted octanol–water partition coefficient (Wildman–Crippen LogP) is 1.09. The van der Waals surface area contributed by atoms with Crippen molar-refractivity contribution >= 4 is 0 Å². The van der Waals surface area contributed by atoms with Gasteiger partial charge in [-0.1, -0.05) is 6.92 Å². The van der Waals surface area contributed by atoms with Crippen molar-refractivity contribution in [2.75, 3.05) is 13.2 Å². The molecule has 2 heterocycles. The molecule has 90 valence electrons. The number of rotatable bonds is 5. The maximum Gasteiger partial charge on any atom is 0.160 e. The molecule has 1 atom stereocenters. The molecule has 1 aromatic rings. The number of aliphatic hydroxyl groups is 1. The molecule has 2 rings (SSSR count). The van der Waals surface area contributed by atoms with Crippen molar-refractivity contribution in [1.29, 1.82) is 0 Å². The molecule has 0 bridgehead atoms. The summed E-state index contributed by atoms with van der Waals surface area (Å²) in [5.74, 6) is 0. The minimum absolute atomic E-state index is 0.278.